The van der Waals surface area contributed by atoms with Gasteiger partial charge in [-0.25, -0.2) is 0 Å². The van der Waals surface area contributed by atoms with E-state index in [1.807, 2.05) is 31.2 Å². The third-order valence-corrected chi connectivity index (χ3v) is 2.63. The number of nitrogens with one attached hydrogen (secondary N) is 2. The Morgan fingerprint density at radius 3 is 2.89 bits per heavy atom. The van der Waals surface area contributed by atoms with E-state index < -0.39 is 0 Å². The second kappa shape index (κ2) is 8.26. The predicted octanol–water partition coefficient (Wildman–Crippen LogP) is 2.26. The molecule has 2 N–H and O–H groups in total. The molecule has 1 aromatic rings. The lowest BCUT2D eigenvalue weighted by Gasteiger charge is -2.08. The van der Waals surface area contributed by atoms with Gasteiger partial charge in [0.1, 0.15) is 5.75 Å². The van der Waals surface area contributed by atoms with E-state index in [-0.39, 0.29) is 0 Å². The van der Waals surface area contributed by atoms with Crippen LogP contribution in [0.1, 0.15) is 12.5 Å². The first-order chi connectivity index (χ1) is 9.17. The molecule has 0 aliphatic heterocycles. The van der Waals surface area contributed by atoms with Crippen LogP contribution in [-0.2, 0) is 6.42 Å². The highest BCUT2D eigenvalue weighted by molar-refractivity contribution is 7.80. The van der Waals surface area contributed by atoms with Crippen molar-refractivity contribution >= 4 is 23.0 Å². The summed E-state index contributed by atoms with van der Waals surface area (Å²) in [5.41, 5.74) is 4.81. The first-order valence-electron chi connectivity index (χ1n) is 5.97. The molecule has 102 valence electrons. The van der Waals surface area contributed by atoms with Gasteiger partial charge in [0, 0.05) is 18.7 Å². The van der Waals surface area contributed by atoms with Gasteiger partial charge >= 0.3 is 0 Å². The van der Waals surface area contributed by atoms with Crippen LogP contribution >= 0.6 is 12.2 Å². The van der Waals surface area contributed by atoms with Crippen molar-refractivity contribution in [2.45, 2.75) is 13.3 Å². The molecule has 1 rings (SSSR count). The van der Waals surface area contributed by atoms with Crippen LogP contribution in [0, 0.1) is 0 Å². The molecule has 0 saturated carbocycles. The summed E-state index contributed by atoms with van der Waals surface area (Å²) < 4.78 is 5.30. The molecule has 1 aromatic carbocycles. The van der Waals surface area contributed by atoms with Crippen molar-refractivity contribution in [2.75, 3.05) is 13.7 Å². The normalized spacial score (nSPS) is 10.7. The van der Waals surface area contributed by atoms with Crippen molar-refractivity contribution in [1.82, 2.24) is 10.7 Å². The van der Waals surface area contributed by atoms with Crippen LogP contribution in [-0.4, -0.2) is 24.5 Å². The minimum Gasteiger partial charge on any atom is -0.496 e. The number of benzene rings is 1. The highest BCUT2D eigenvalue weighted by Crippen LogP contribution is 2.17. The van der Waals surface area contributed by atoms with Gasteiger partial charge in [0.2, 0.25) is 0 Å². The smallest absolute Gasteiger partial charge is 0.187 e. The number of hydrogen-bond acceptors (Lipinski definition) is 3. The minimum absolute atomic E-state index is 0.485. The summed E-state index contributed by atoms with van der Waals surface area (Å²) >= 11 is 5.05. The molecule has 0 saturated heterocycles. The lowest BCUT2D eigenvalue weighted by molar-refractivity contribution is 0.411. The zero-order chi connectivity index (χ0) is 14.1. The number of rotatable bonds is 6. The van der Waals surface area contributed by atoms with E-state index in [0.29, 0.717) is 18.1 Å². The van der Waals surface area contributed by atoms with Crippen LogP contribution in [0.25, 0.3) is 0 Å². The summed E-state index contributed by atoms with van der Waals surface area (Å²) in [5.74, 6) is 0.865. The Kier molecular flexibility index (Phi) is 6.60. The Balaban J connectivity index is 2.56. The van der Waals surface area contributed by atoms with Crippen LogP contribution in [0.3, 0.4) is 0 Å². The van der Waals surface area contributed by atoms with Gasteiger partial charge in [0.25, 0.3) is 0 Å². The topological polar surface area (TPSA) is 45.7 Å². The Morgan fingerprint density at radius 2 is 2.21 bits per heavy atom. The van der Waals surface area contributed by atoms with Crippen LogP contribution in [0.4, 0.5) is 0 Å². The summed E-state index contributed by atoms with van der Waals surface area (Å²) in [6.07, 6.45) is 2.44. The summed E-state index contributed by atoms with van der Waals surface area (Å²) in [7, 11) is 1.66. The molecule has 19 heavy (non-hydrogen) atoms. The molecule has 0 fully saturated rings. The Morgan fingerprint density at radius 1 is 1.47 bits per heavy atom. The molecule has 0 aliphatic rings. The third kappa shape index (κ3) is 5.52. The fourth-order valence-electron chi connectivity index (χ4n) is 1.51. The van der Waals surface area contributed by atoms with Crippen molar-refractivity contribution in [1.29, 1.82) is 0 Å². The molecule has 0 unspecified atom stereocenters. The van der Waals surface area contributed by atoms with Crippen LogP contribution in [0.5, 0.6) is 5.75 Å². The van der Waals surface area contributed by atoms with Crippen LogP contribution < -0.4 is 15.5 Å². The lowest BCUT2D eigenvalue weighted by Crippen LogP contribution is -2.32. The molecule has 0 spiro atoms. The van der Waals surface area contributed by atoms with Gasteiger partial charge < -0.3 is 10.1 Å². The van der Waals surface area contributed by atoms with Gasteiger partial charge in [-0.2, -0.15) is 5.10 Å². The number of hydrazone groups is 1. The highest BCUT2D eigenvalue weighted by Gasteiger charge is 2.03. The van der Waals surface area contributed by atoms with Crippen molar-refractivity contribution < 1.29 is 4.74 Å². The maximum Gasteiger partial charge on any atom is 0.187 e. The summed E-state index contributed by atoms with van der Waals surface area (Å²) in [6.45, 7) is 6.16. The number of methoxy groups -OCH3 is 1. The number of ether oxygens (including phenoxy) is 1. The molecule has 0 heterocycles. The minimum atomic E-state index is 0.485. The van der Waals surface area contributed by atoms with E-state index >= 15 is 0 Å². The van der Waals surface area contributed by atoms with Gasteiger partial charge in [-0.05, 0) is 30.8 Å². The first kappa shape index (κ1) is 15.2. The molecule has 0 atom stereocenters. The maximum absolute atomic E-state index is 5.30. The van der Waals surface area contributed by atoms with Crippen molar-refractivity contribution in [3.63, 3.8) is 0 Å². The van der Waals surface area contributed by atoms with Gasteiger partial charge in [0.05, 0.1) is 7.11 Å². The molecule has 0 bridgehead atoms. The van der Waals surface area contributed by atoms with Gasteiger partial charge in [0.15, 0.2) is 5.11 Å². The quantitative estimate of drug-likeness (QED) is 0.362. The summed E-state index contributed by atoms with van der Waals surface area (Å²) in [4.78, 5) is 0. The molecule has 0 aliphatic carbocycles. The summed E-state index contributed by atoms with van der Waals surface area (Å²) in [5, 5.41) is 7.65. The number of para-hydroxylation sites is 1. The number of hydrogen-bond donors (Lipinski definition) is 2. The standard InChI is InChI=1S/C14H19N3OS/c1-4-9-15-14(19)17-16-11(2)10-12-7-5-6-8-13(12)18-3/h4-8H,1,9-10H2,2-3H3,(H2,15,17,19)/b16-11-. The van der Waals surface area contributed by atoms with Crippen LogP contribution in [0.2, 0.25) is 0 Å². The second-order valence-electron chi connectivity index (χ2n) is 3.95. The van der Waals surface area contributed by atoms with E-state index in [1.165, 1.54) is 0 Å². The SMILES string of the molecule is C=CCNC(=S)N/N=C(/C)Cc1ccccc1OC. The fourth-order valence-corrected chi connectivity index (χ4v) is 1.64. The average Bonchev–Trinajstić information content (AvgIpc) is 2.43. The number of nitrogens with zero attached hydrogens (tertiary/aromatic N) is 1. The number of thiocarbonyl (C=S) groups is 1. The largest absolute Gasteiger partial charge is 0.496 e. The maximum atomic E-state index is 5.30. The fraction of sp³-hybridized carbons (Fsp3) is 0.286. The van der Waals surface area contributed by atoms with E-state index in [9.17, 15) is 0 Å². The average molecular weight is 277 g/mol. The molecule has 0 radical (unpaired) electrons. The van der Waals surface area contributed by atoms with Gasteiger partial charge in [-0.15, -0.1) is 6.58 Å². The monoisotopic (exact) mass is 277 g/mol. The third-order valence-electron chi connectivity index (χ3n) is 2.39. The Bertz CT molecular complexity index is 472. The molecule has 4 nitrogen and oxygen atoms in total. The van der Waals surface area contributed by atoms with E-state index in [0.717, 1.165) is 17.0 Å². The highest BCUT2D eigenvalue weighted by atomic mass is 32.1. The zero-order valence-corrected chi connectivity index (χ0v) is 12.1. The molecule has 0 aromatic heterocycles. The molecule has 5 heteroatoms. The Labute approximate surface area is 119 Å². The lowest BCUT2D eigenvalue weighted by atomic mass is 10.1. The van der Waals surface area contributed by atoms with E-state index in [2.05, 4.69) is 22.4 Å². The van der Waals surface area contributed by atoms with Gasteiger partial charge in [-0.3, -0.25) is 5.43 Å². The molecular formula is C14H19N3OS. The zero-order valence-electron chi connectivity index (χ0n) is 11.3. The van der Waals surface area contributed by atoms with Gasteiger partial charge in [-0.1, -0.05) is 24.3 Å². The second-order valence-corrected chi connectivity index (χ2v) is 4.35. The first-order valence-corrected chi connectivity index (χ1v) is 6.38. The van der Waals surface area contributed by atoms with Crippen molar-refractivity contribution in [3.05, 3.63) is 42.5 Å². The van der Waals surface area contributed by atoms with E-state index in [1.54, 1.807) is 13.2 Å². The van der Waals surface area contributed by atoms with E-state index in [4.69, 9.17) is 17.0 Å². The Hall–Kier alpha value is -1.88. The van der Waals surface area contributed by atoms with Crippen LogP contribution in [0.15, 0.2) is 42.0 Å². The van der Waals surface area contributed by atoms with Crippen molar-refractivity contribution in [3.8, 4) is 5.75 Å². The summed E-state index contributed by atoms with van der Waals surface area (Å²) in [6, 6.07) is 7.88. The molecular weight excluding hydrogens is 258 g/mol. The predicted molar refractivity (Wildman–Crippen MR) is 83.7 cm³/mol. The molecule has 0 amide bonds. The van der Waals surface area contributed by atoms with Crippen molar-refractivity contribution in [2.24, 2.45) is 5.10 Å².